The summed E-state index contributed by atoms with van der Waals surface area (Å²) in [6.07, 6.45) is 2.74. The van der Waals surface area contributed by atoms with Gasteiger partial charge in [0.15, 0.2) is 0 Å². The van der Waals surface area contributed by atoms with Crippen LogP contribution in [0.1, 0.15) is 36.9 Å². The van der Waals surface area contributed by atoms with E-state index in [4.69, 9.17) is 16.1 Å². The molecule has 1 aliphatic heterocycles. The maximum absolute atomic E-state index is 13.3. The number of carbonyl (C=O) groups excluding carboxylic acids is 1. The van der Waals surface area contributed by atoms with Crippen molar-refractivity contribution in [2.24, 2.45) is 0 Å². The smallest absolute Gasteiger partial charge is 0.331 e. The Hall–Kier alpha value is -3.20. The van der Waals surface area contributed by atoms with Crippen LogP contribution < -0.4 is 16.6 Å². The number of benzene rings is 1. The van der Waals surface area contributed by atoms with Gasteiger partial charge >= 0.3 is 5.69 Å². The van der Waals surface area contributed by atoms with E-state index in [1.165, 1.54) is 4.57 Å². The predicted molar refractivity (Wildman–Crippen MR) is 115 cm³/mol. The summed E-state index contributed by atoms with van der Waals surface area (Å²) in [4.78, 5) is 43.3. The van der Waals surface area contributed by atoms with E-state index < -0.39 is 23.7 Å². The molecule has 0 bridgehead atoms. The van der Waals surface area contributed by atoms with E-state index in [0.717, 1.165) is 23.0 Å². The zero-order valence-electron chi connectivity index (χ0n) is 17.3. The lowest BCUT2D eigenvalue weighted by atomic mass is 10.0. The maximum Gasteiger partial charge on any atom is 0.331 e. The van der Waals surface area contributed by atoms with E-state index in [1.54, 1.807) is 18.2 Å². The van der Waals surface area contributed by atoms with E-state index in [2.05, 4.69) is 15.5 Å². The highest BCUT2D eigenvalue weighted by molar-refractivity contribution is 6.33. The molecule has 1 amide bonds. The molecule has 9 nitrogen and oxygen atoms in total. The first kappa shape index (κ1) is 21.0. The molecule has 1 aromatic carbocycles. The van der Waals surface area contributed by atoms with Crippen LogP contribution in [-0.2, 0) is 30.7 Å². The van der Waals surface area contributed by atoms with Gasteiger partial charge in [-0.25, -0.2) is 4.79 Å². The largest absolute Gasteiger partial charge is 0.339 e. The van der Waals surface area contributed by atoms with E-state index in [9.17, 15) is 14.4 Å². The maximum atomic E-state index is 13.3. The monoisotopic (exact) mass is 443 g/mol. The third kappa shape index (κ3) is 4.05. The van der Waals surface area contributed by atoms with Crippen LogP contribution in [-0.4, -0.2) is 25.2 Å². The summed E-state index contributed by atoms with van der Waals surface area (Å²) >= 11 is 6.18. The number of rotatable bonds is 5. The van der Waals surface area contributed by atoms with Gasteiger partial charge in [0.2, 0.25) is 17.6 Å². The third-order valence-corrected chi connectivity index (χ3v) is 5.59. The normalized spacial score (nSPS) is 13.1. The number of carbonyl (C=O) groups is 1. The second-order valence-electron chi connectivity index (χ2n) is 7.50. The summed E-state index contributed by atoms with van der Waals surface area (Å²) < 4.78 is 7.63. The van der Waals surface area contributed by atoms with Crippen molar-refractivity contribution in [3.05, 3.63) is 61.2 Å². The number of nitrogens with zero attached hydrogens (tertiary/aromatic N) is 4. The van der Waals surface area contributed by atoms with Gasteiger partial charge in [-0.05, 0) is 43.9 Å². The Morgan fingerprint density at radius 3 is 2.81 bits per heavy atom. The minimum absolute atomic E-state index is 0.142. The van der Waals surface area contributed by atoms with Gasteiger partial charge in [-0.1, -0.05) is 29.7 Å². The zero-order chi connectivity index (χ0) is 22.1. The van der Waals surface area contributed by atoms with Crippen molar-refractivity contribution in [1.29, 1.82) is 0 Å². The van der Waals surface area contributed by atoms with Crippen LogP contribution in [0.4, 0.5) is 5.69 Å². The summed E-state index contributed by atoms with van der Waals surface area (Å²) in [5.41, 5.74) is 1.03. The van der Waals surface area contributed by atoms with Crippen LogP contribution in [0.25, 0.3) is 11.4 Å². The second-order valence-corrected chi connectivity index (χ2v) is 7.91. The molecule has 0 aliphatic carbocycles. The lowest BCUT2D eigenvalue weighted by Crippen LogP contribution is -2.45. The Labute approximate surface area is 182 Å². The van der Waals surface area contributed by atoms with Crippen molar-refractivity contribution >= 4 is 23.2 Å². The van der Waals surface area contributed by atoms with Gasteiger partial charge in [0.1, 0.15) is 12.1 Å². The Morgan fingerprint density at radius 1 is 1.29 bits per heavy atom. The Morgan fingerprint density at radius 2 is 2.10 bits per heavy atom. The highest BCUT2D eigenvalue weighted by Crippen LogP contribution is 2.23. The van der Waals surface area contributed by atoms with Crippen LogP contribution in [0.3, 0.4) is 0 Å². The molecule has 31 heavy (non-hydrogen) atoms. The SMILES string of the molecule is CCc1nc(-c2c3n(c(=O)n(CC(=O)Nc4ccc(C)cc4Cl)c2=O)CCCC3)no1. The van der Waals surface area contributed by atoms with Crippen LogP contribution >= 0.6 is 11.6 Å². The molecule has 0 radical (unpaired) electrons. The van der Waals surface area contributed by atoms with Gasteiger partial charge in [-0.15, -0.1) is 0 Å². The quantitative estimate of drug-likeness (QED) is 0.648. The average molecular weight is 444 g/mol. The van der Waals surface area contributed by atoms with Gasteiger partial charge < -0.3 is 9.84 Å². The third-order valence-electron chi connectivity index (χ3n) is 5.28. The van der Waals surface area contributed by atoms with Crippen molar-refractivity contribution in [3.8, 4) is 11.4 Å². The number of amides is 1. The number of anilines is 1. The van der Waals surface area contributed by atoms with Crippen molar-refractivity contribution in [1.82, 2.24) is 19.3 Å². The minimum Gasteiger partial charge on any atom is -0.339 e. The molecule has 0 saturated carbocycles. The van der Waals surface area contributed by atoms with E-state index in [0.29, 0.717) is 41.7 Å². The molecule has 10 heteroatoms. The highest BCUT2D eigenvalue weighted by Gasteiger charge is 2.26. The number of hydrogen-bond donors (Lipinski definition) is 1. The Kier molecular flexibility index (Phi) is 5.77. The number of nitrogens with one attached hydrogen (secondary N) is 1. The predicted octanol–water partition coefficient (Wildman–Crippen LogP) is 2.56. The van der Waals surface area contributed by atoms with Gasteiger partial charge in [-0.2, -0.15) is 4.98 Å². The first-order valence-corrected chi connectivity index (χ1v) is 10.5. The lowest BCUT2D eigenvalue weighted by molar-refractivity contribution is -0.116. The Bertz CT molecular complexity index is 1270. The van der Waals surface area contributed by atoms with Gasteiger partial charge in [0.25, 0.3) is 5.56 Å². The lowest BCUT2D eigenvalue weighted by Gasteiger charge is -2.21. The molecule has 0 atom stereocenters. The summed E-state index contributed by atoms with van der Waals surface area (Å²) in [7, 11) is 0. The molecule has 3 aromatic rings. The molecule has 1 aliphatic rings. The molecule has 4 rings (SSSR count). The summed E-state index contributed by atoms with van der Waals surface area (Å²) in [5.74, 6) is 0.00586. The number of fused-ring (bicyclic) bond motifs is 1. The number of hydrogen-bond acceptors (Lipinski definition) is 6. The fraction of sp³-hybridized carbons (Fsp3) is 0.381. The molecule has 1 N–H and O–H groups in total. The summed E-state index contributed by atoms with van der Waals surface area (Å²) in [6.45, 7) is 3.76. The van der Waals surface area contributed by atoms with Gasteiger partial charge in [0, 0.05) is 18.7 Å². The van der Waals surface area contributed by atoms with Crippen LogP contribution in [0.15, 0.2) is 32.3 Å². The minimum atomic E-state index is -0.605. The van der Waals surface area contributed by atoms with Crippen molar-refractivity contribution < 1.29 is 9.32 Å². The standard InChI is InChI=1S/C21H22ClN5O4/c1-3-17-24-19(25-31-17)18-15-6-4-5-9-26(15)21(30)27(20(18)29)11-16(28)23-14-8-7-12(2)10-13(14)22/h7-8,10H,3-6,9,11H2,1-2H3,(H,23,28). The molecule has 3 heterocycles. The Balaban J connectivity index is 1.75. The molecule has 0 fully saturated rings. The van der Waals surface area contributed by atoms with E-state index in [1.807, 2.05) is 13.8 Å². The van der Waals surface area contributed by atoms with Crippen LogP contribution in [0.5, 0.6) is 0 Å². The van der Waals surface area contributed by atoms with Crippen molar-refractivity contribution in [2.75, 3.05) is 5.32 Å². The van der Waals surface area contributed by atoms with Crippen LogP contribution in [0, 0.1) is 6.92 Å². The van der Waals surface area contributed by atoms with Crippen LogP contribution in [0.2, 0.25) is 5.02 Å². The molecule has 162 valence electrons. The average Bonchev–Trinajstić information content (AvgIpc) is 3.22. The van der Waals surface area contributed by atoms with Crippen molar-refractivity contribution in [2.45, 2.75) is 52.6 Å². The number of aryl methyl sites for hydroxylation is 2. The zero-order valence-corrected chi connectivity index (χ0v) is 18.0. The first-order chi connectivity index (χ1) is 14.9. The van der Waals surface area contributed by atoms with Crippen molar-refractivity contribution in [3.63, 3.8) is 0 Å². The summed E-state index contributed by atoms with van der Waals surface area (Å²) in [5, 5.41) is 6.97. The number of halogens is 1. The molecule has 0 saturated heterocycles. The fourth-order valence-electron chi connectivity index (χ4n) is 3.71. The molecule has 2 aromatic heterocycles. The van der Waals surface area contributed by atoms with E-state index >= 15 is 0 Å². The second kappa shape index (κ2) is 8.50. The summed E-state index contributed by atoms with van der Waals surface area (Å²) in [6, 6.07) is 5.20. The fourth-order valence-corrected chi connectivity index (χ4v) is 4.00. The molecule has 0 spiro atoms. The molecular weight excluding hydrogens is 422 g/mol. The van der Waals surface area contributed by atoms with E-state index in [-0.39, 0.29) is 11.4 Å². The first-order valence-electron chi connectivity index (χ1n) is 10.1. The molecule has 0 unspecified atom stereocenters. The van der Waals surface area contributed by atoms with Gasteiger partial charge in [-0.3, -0.25) is 18.7 Å². The number of aromatic nitrogens is 4. The topological polar surface area (TPSA) is 112 Å². The highest BCUT2D eigenvalue weighted by atomic mass is 35.5. The van der Waals surface area contributed by atoms with Gasteiger partial charge in [0.05, 0.1) is 10.7 Å². The molecular formula is C21H22ClN5O4.